The van der Waals surface area contributed by atoms with E-state index in [2.05, 4.69) is 164 Å². The molecule has 18 N–H and O–H groups in total. The number of unbranched alkanes of at least 4 members (excludes halogenated alkanes) is 1. The molecule has 1 aliphatic rings. The zero-order valence-corrected chi connectivity index (χ0v) is 71.3. The molecule has 14 rings (SSSR count). The number of aromatic amines is 5. The second-order valence-electron chi connectivity index (χ2n) is 29.7. The van der Waals surface area contributed by atoms with Gasteiger partial charge in [-0.3, -0.25) is 9.89 Å². The topological polar surface area (TPSA) is 579 Å². The molecule has 1 aliphatic carbocycles. The van der Waals surface area contributed by atoms with Gasteiger partial charge in [0, 0.05) is 50.5 Å². The van der Waals surface area contributed by atoms with Crippen molar-refractivity contribution in [2.24, 2.45) is 26.5 Å². The average Bonchev–Trinajstić information content (AvgIpc) is 1.32. The van der Waals surface area contributed by atoms with Crippen molar-refractivity contribution in [2.75, 3.05) is 41.3 Å². The van der Waals surface area contributed by atoms with Crippen molar-refractivity contribution in [1.82, 2.24) is 124 Å². The predicted molar refractivity (Wildman–Crippen MR) is 459 cm³/mol. The molecule has 1 saturated carbocycles. The molecule has 5 aromatic heterocycles. The van der Waals surface area contributed by atoms with Crippen LogP contribution in [-0.4, -0.2) is 207 Å². The van der Waals surface area contributed by atoms with E-state index in [0.717, 1.165) is 89.4 Å². The first-order valence-corrected chi connectivity index (χ1v) is 44.9. The van der Waals surface area contributed by atoms with E-state index in [4.69, 9.17) is 20.6 Å². The van der Waals surface area contributed by atoms with Gasteiger partial charge in [-0.1, -0.05) is 159 Å². The van der Waals surface area contributed by atoms with E-state index < -0.39 is 52.1 Å². The summed E-state index contributed by atoms with van der Waals surface area (Å²) < 4.78 is 96.9. The number of nitrogens with one attached hydrogen (secondary N) is 9. The van der Waals surface area contributed by atoms with E-state index in [0.29, 0.717) is 70.7 Å². The number of tetrazole rings is 4. The first-order chi connectivity index (χ1) is 58.3. The summed E-state index contributed by atoms with van der Waals surface area (Å²) in [5.41, 5.74) is 13.3. The Labute approximate surface area is 706 Å². The molecular weight excluding hydrogens is 1640 g/mol. The molecule has 13 aromatic rings. The number of hydrogen-bond donors (Lipinski definition) is 14. The lowest BCUT2D eigenvalue weighted by molar-refractivity contribution is -0.140. The monoisotopic (exact) mass is 1740 g/mol. The summed E-state index contributed by atoms with van der Waals surface area (Å²) in [5, 5.41) is 107. The summed E-state index contributed by atoms with van der Waals surface area (Å²) in [6.45, 7) is 11.0. The molecule has 0 aliphatic heterocycles. The van der Waals surface area contributed by atoms with Crippen molar-refractivity contribution in [3.05, 3.63) is 210 Å². The molecule has 0 radical (unpaired) electrons. The van der Waals surface area contributed by atoms with Crippen LogP contribution in [0.3, 0.4) is 0 Å². The van der Waals surface area contributed by atoms with E-state index in [1.807, 2.05) is 124 Å². The van der Waals surface area contributed by atoms with Crippen molar-refractivity contribution < 1.29 is 43.6 Å². The van der Waals surface area contributed by atoms with Gasteiger partial charge in [-0.2, -0.15) is 26.0 Å². The molecule has 0 amide bonds. The summed E-state index contributed by atoms with van der Waals surface area (Å²) in [6, 6.07) is 53.1. The fourth-order valence-corrected chi connectivity index (χ4v) is 17.0. The summed E-state index contributed by atoms with van der Waals surface area (Å²) in [4.78, 5) is 15.6. The number of nitrogens with zero attached hydrogens (tertiary/aromatic N) is 15. The van der Waals surface area contributed by atoms with Crippen LogP contribution >= 0.6 is 0 Å². The Hall–Kier alpha value is -11.9. The lowest BCUT2D eigenvalue weighted by Gasteiger charge is -2.33. The molecular formula is C80H98N28O10S4. The summed E-state index contributed by atoms with van der Waals surface area (Å²) in [7, 11) is -7.44. The van der Waals surface area contributed by atoms with Crippen molar-refractivity contribution in [3.63, 3.8) is 0 Å². The van der Waals surface area contributed by atoms with Crippen LogP contribution in [0.4, 0.5) is 0 Å². The molecule has 8 aromatic carbocycles. The highest BCUT2D eigenvalue weighted by Crippen LogP contribution is 2.40. The van der Waals surface area contributed by atoms with Crippen molar-refractivity contribution in [2.45, 2.75) is 130 Å². The number of primary sulfonamides is 4. The van der Waals surface area contributed by atoms with Crippen LogP contribution in [0.25, 0.3) is 90.1 Å². The van der Waals surface area contributed by atoms with E-state index in [9.17, 15) is 43.6 Å². The van der Waals surface area contributed by atoms with Gasteiger partial charge in [-0.15, -0.1) is 40.8 Å². The van der Waals surface area contributed by atoms with Gasteiger partial charge in [0.25, 0.3) is 0 Å². The van der Waals surface area contributed by atoms with Gasteiger partial charge in [0.1, 0.15) is 6.04 Å². The first kappa shape index (κ1) is 90.9. The summed E-state index contributed by atoms with van der Waals surface area (Å²) in [5.74, 6) is -0.315. The summed E-state index contributed by atoms with van der Waals surface area (Å²) >= 11 is 0. The number of carbonyl (C=O) groups is 1. The molecule has 1 fully saturated rings. The van der Waals surface area contributed by atoms with Crippen molar-refractivity contribution >= 4 is 46.1 Å². The Kier molecular flexibility index (Phi) is 31.0. The maximum atomic E-state index is 12.2. The zero-order valence-electron chi connectivity index (χ0n) is 68.0. The fraction of sp³-hybridized carbons (Fsp3) is 0.300. The number of nitrogens with two attached hydrogens (primary N) is 4. The van der Waals surface area contributed by atoms with E-state index in [1.165, 1.54) is 55.5 Å². The molecule has 122 heavy (non-hydrogen) atoms. The molecule has 0 spiro atoms. The SMILES string of the molecule is CC(C)[C@H](NCc1ccc(-c2cccc(S(N)(=O)=O)c2-c2nn[nH]n2)cc1)C(=O)O.CN(C)C1CCC(NCc2ccc(-c3cccc(S(N)(=O)=O)c3-c3nn[nH]n3)cc2)CC1.CN(C)CCCCNCc1ccc(-c2cccc(S(N)(=O)=O)c2-c2nn[nH]n2)cc1.Cc1cc(CNCc2ccc(-c3cccc(S(N)(=O)=O)c3-c3nn[nH]n3)cc2)n[nH]1. The average molecular weight is 1740 g/mol. The minimum absolute atomic E-state index is 0.0320. The summed E-state index contributed by atoms with van der Waals surface area (Å²) in [6.07, 6.45) is 7.12. The van der Waals surface area contributed by atoms with Gasteiger partial charge in [-0.05, 0) is 211 Å². The molecule has 5 heterocycles. The van der Waals surface area contributed by atoms with Gasteiger partial charge >= 0.3 is 5.97 Å². The number of H-pyrrole nitrogens is 5. The number of rotatable bonds is 32. The fourth-order valence-electron chi connectivity index (χ4n) is 13.9. The molecule has 0 bridgehead atoms. The number of benzene rings is 8. The highest BCUT2D eigenvalue weighted by Gasteiger charge is 2.29. The normalized spacial score (nSPS) is 14.0. The Morgan fingerprint density at radius 1 is 0.451 bits per heavy atom. The smallest absolute Gasteiger partial charge is 0.320 e. The van der Waals surface area contributed by atoms with Crippen LogP contribution in [0, 0.1) is 12.8 Å². The van der Waals surface area contributed by atoms with Crippen LogP contribution < -0.4 is 41.8 Å². The van der Waals surface area contributed by atoms with E-state index >= 15 is 0 Å². The Balaban J connectivity index is 0.000000159. The second kappa shape index (κ2) is 41.6. The zero-order chi connectivity index (χ0) is 87.3. The Bertz CT molecular complexity index is 6050. The Morgan fingerprint density at radius 2 is 0.795 bits per heavy atom. The number of hydrogen-bond acceptors (Lipinski definition) is 28. The minimum atomic E-state index is -4.02. The lowest BCUT2D eigenvalue weighted by Crippen LogP contribution is -2.40. The standard InChI is InChI=1S/C22H29N7O2S.C20H27N7O2S.C19H20N8O2S.C19H22N6O4S/c1-29(2)18-12-10-17(11-13-18)24-14-15-6-8-16(9-7-15)19-4-3-5-20(32(23,30)31)21(19)22-25-27-28-26-22;1-27(2)13-4-3-12-22-14-15-8-10-16(11-9-15)17-6-5-7-18(30(21,28)29)19(17)20-23-25-26-24-20;1-12-9-15(23-22-12)11-21-10-13-5-7-14(8-6-13)16-3-2-4-17(30(20,28)29)18(16)19-24-26-27-25-19;1-11(2)17(19(26)27)21-10-12-6-8-13(9-7-12)14-4-3-5-15(30(20,28)29)16(14)18-22-24-25-23-18/h3-9,17-18,24H,10-14H2,1-2H3,(H2,23,30,31)(H,25,26,27,28);5-11,22H,3-4,12-14H2,1-2H3,(H2,21,28,29)(H,23,24,25,26);2-9,21H,10-11H2,1H3,(H,22,23)(H2,20,28,29)(H,24,25,26,27);3-9,11,17,21H,10H2,1-2H3,(H,26,27)(H2,20,28,29)(H,22,23,24,25)/t;;;17-/m...0/s1. The van der Waals surface area contributed by atoms with Crippen LogP contribution in [0.5, 0.6) is 0 Å². The molecule has 38 nitrogen and oxygen atoms in total. The molecule has 42 heteroatoms. The number of aliphatic carboxylic acids is 1. The lowest BCUT2D eigenvalue weighted by atomic mass is 9.90. The van der Waals surface area contributed by atoms with Gasteiger partial charge in [0.2, 0.25) is 63.4 Å². The van der Waals surface area contributed by atoms with Crippen LogP contribution in [0.1, 0.15) is 86.0 Å². The van der Waals surface area contributed by atoms with Crippen molar-refractivity contribution in [3.8, 4) is 90.1 Å². The maximum absolute atomic E-state index is 12.2. The highest BCUT2D eigenvalue weighted by atomic mass is 32.2. The largest absolute Gasteiger partial charge is 0.480 e. The van der Waals surface area contributed by atoms with Crippen LogP contribution in [0.15, 0.2) is 196 Å². The third kappa shape index (κ3) is 24.7. The third-order valence-electron chi connectivity index (χ3n) is 20.1. The quantitative estimate of drug-likeness (QED) is 0.0196. The molecule has 1 atom stereocenters. The number of sulfonamides is 4. The second-order valence-corrected chi connectivity index (χ2v) is 35.9. The predicted octanol–water partition coefficient (Wildman–Crippen LogP) is 6.64. The minimum Gasteiger partial charge on any atom is -0.480 e. The number of aromatic nitrogens is 18. The van der Waals surface area contributed by atoms with Gasteiger partial charge < -0.3 is 36.2 Å². The number of carboxylic acid groups (broad SMARTS) is 1. The number of carboxylic acids is 1. The Morgan fingerprint density at radius 3 is 1.09 bits per heavy atom. The van der Waals surface area contributed by atoms with Crippen LogP contribution in [0.2, 0.25) is 0 Å². The van der Waals surface area contributed by atoms with Gasteiger partial charge in [0.05, 0.1) is 47.5 Å². The molecule has 0 unspecified atom stereocenters. The van der Waals surface area contributed by atoms with E-state index in [1.54, 1.807) is 36.4 Å². The van der Waals surface area contributed by atoms with Gasteiger partial charge in [0.15, 0.2) is 0 Å². The third-order valence-corrected chi connectivity index (χ3v) is 23.9. The number of aryl methyl sites for hydroxylation is 1. The molecule has 0 saturated heterocycles. The van der Waals surface area contributed by atoms with Crippen molar-refractivity contribution in [1.29, 1.82) is 0 Å². The molecule has 642 valence electrons. The van der Waals surface area contributed by atoms with Gasteiger partial charge in [-0.25, -0.2) is 54.2 Å². The van der Waals surface area contributed by atoms with Crippen LogP contribution in [-0.2, 0) is 77.6 Å². The van der Waals surface area contributed by atoms with E-state index in [-0.39, 0.29) is 54.4 Å². The first-order valence-electron chi connectivity index (χ1n) is 38.7. The highest BCUT2D eigenvalue weighted by molar-refractivity contribution is 7.90. The maximum Gasteiger partial charge on any atom is 0.320 e.